The minimum absolute atomic E-state index is 0.119. The Kier molecular flexibility index (Phi) is 12.5. The fraction of sp³-hybridized carbons (Fsp3) is 1.00. The van der Waals surface area contributed by atoms with Crippen molar-refractivity contribution >= 4 is 16.9 Å². The molecule has 0 unspecified atom stereocenters. The quantitative estimate of drug-likeness (QED) is 0.499. The van der Waals surface area contributed by atoms with Crippen molar-refractivity contribution in [3.05, 3.63) is 0 Å². The zero-order chi connectivity index (χ0) is 12.9. The van der Waals surface area contributed by atoms with Crippen LogP contribution in [0.1, 0.15) is 0 Å². The second kappa shape index (κ2) is 12.5. The van der Waals surface area contributed by atoms with Crippen LogP contribution in [0.3, 0.4) is 0 Å². The van der Waals surface area contributed by atoms with Gasteiger partial charge in [0.2, 0.25) is 0 Å². The van der Waals surface area contributed by atoms with E-state index in [2.05, 4.69) is 10.2 Å². The molecule has 0 saturated carbocycles. The normalized spacial score (nSPS) is 12.0. The first-order valence-corrected chi connectivity index (χ1v) is 7.65. The lowest BCUT2D eigenvalue weighted by molar-refractivity contribution is 0.245. The fourth-order valence-electron chi connectivity index (χ4n) is 1.41. The Balaban J connectivity index is 3.95. The molecule has 0 fully saturated rings. The molecule has 17 heavy (non-hydrogen) atoms. The van der Waals surface area contributed by atoms with Crippen LogP contribution in [0.2, 0.25) is 0 Å². The maximum Gasteiger partial charge on any atom is 0.170 e. The van der Waals surface area contributed by atoms with Gasteiger partial charge in [0.15, 0.2) is 16.9 Å². The molecule has 0 radical (unpaired) electrons. The number of hydrogen-bond donors (Lipinski definition) is 2. The highest BCUT2D eigenvalue weighted by atomic mass is 31.1. The van der Waals surface area contributed by atoms with Crippen molar-refractivity contribution in [1.82, 2.24) is 15.1 Å². The van der Waals surface area contributed by atoms with Crippen molar-refractivity contribution in [1.29, 1.82) is 0 Å². The van der Waals surface area contributed by atoms with Gasteiger partial charge >= 0.3 is 0 Å². The van der Waals surface area contributed by atoms with E-state index in [0.717, 1.165) is 32.7 Å². The van der Waals surface area contributed by atoms with Crippen LogP contribution < -0.4 is 11.1 Å². The summed E-state index contributed by atoms with van der Waals surface area (Å²) >= 11 is 0. The summed E-state index contributed by atoms with van der Waals surface area (Å²) in [5.41, 5.74) is 5.48. The van der Waals surface area contributed by atoms with E-state index in [4.69, 9.17) is 5.73 Å². The maximum absolute atomic E-state index is 10.6. The van der Waals surface area contributed by atoms with E-state index in [1.807, 2.05) is 11.9 Å². The summed E-state index contributed by atoms with van der Waals surface area (Å²) in [5.74, 6) is 0. The predicted octanol–water partition coefficient (Wildman–Crippen LogP) is 0.267. The van der Waals surface area contributed by atoms with Crippen molar-refractivity contribution in [2.75, 3.05) is 58.9 Å². The first kappa shape index (κ1) is 17.0. The van der Waals surface area contributed by atoms with Crippen molar-refractivity contribution in [2.45, 2.75) is 0 Å². The van der Waals surface area contributed by atoms with Gasteiger partial charge in [-0.2, -0.15) is 0 Å². The van der Waals surface area contributed by atoms with Crippen molar-refractivity contribution in [3.8, 4) is 0 Å². The number of likely N-dealkylation sites (N-methyl/N-ethyl adjacent to an activating group) is 1. The lowest BCUT2D eigenvalue weighted by Gasteiger charge is -2.24. The molecule has 8 heteroatoms. The molecular weight excluding hydrogens is 258 g/mol. The second-order valence-electron chi connectivity index (χ2n) is 3.67. The van der Waals surface area contributed by atoms with Gasteiger partial charge in [-0.05, 0) is 7.05 Å². The van der Waals surface area contributed by atoms with Crippen LogP contribution in [0.4, 0.5) is 0 Å². The standard InChI is InChI=1S/C9H22N4O2P2/c1-11-3-5-13(9-17-15)7-6-12(4-2-10)8-16-14/h11H,2-10H2,1H3. The number of nitrogens with zero attached hydrogens (tertiary/aromatic N) is 2. The molecule has 3 N–H and O–H groups in total. The first-order valence-electron chi connectivity index (χ1n) is 5.66. The zero-order valence-electron chi connectivity index (χ0n) is 10.3. The van der Waals surface area contributed by atoms with Gasteiger partial charge in [-0.1, -0.05) is 0 Å². The molecule has 0 aromatic carbocycles. The highest BCUT2D eigenvalue weighted by molar-refractivity contribution is 7.23. The smallest absolute Gasteiger partial charge is 0.170 e. The molecule has 0 bridgehead atoms. The fourth-order valence-corrected chi connectivity index (χ4v) is 2.30. The van der Waals surface area contributed by atoms with Crippen LogP contribution >= 0.6 is 16.9 Å². The van der Waals surface area contributed by atoms with E-state index in [-0.39, 0.29) is 16.9 Å². The van der Waals surface area contributed by atoms with Crippen LogP contribution in [-0.2, 0) is 9.13 Å². The number of hydrogen-bond acceptors (Lipinski definition) is 6. The molecule has 0 aliphatic heterocycles. The molecule has 0 amide bonds. The number of nitrogens with two attached hydrogens (primary N) is 1. The van der Waals surface area contributed by atoms with Gasteiger partial charge in [-0.25, -0.2) is 0 Å². The number of rotatable bonds is 12. The molecule has 0 aromatic rings. The first-order chi connectivity index (χ1) is 8.28. The monoisotopic (exact) mass is 280 g/mol. The Morgan fingerprint density at radius 1 is 1.00 bits per heavy atom. The Hall–Kier alpha value is 0.0400. The predicted molar refractivity (Wildman–Crippen MR) is 71.1 cm³/mol. The van der Waals surface area contributed by atoms with E-state index < -0.39 is 0 Å². The van der Waals surface area contributed by atoms with Crippen LogP contribution in [0.15, 0.2) is 0 Å². The van der Waals surface area contributed by atoms with Crippen LogP contribution in [0, 0.1) is 0 Å². The van der Waals surface area contributed by atoms with Gasteiger partial charge in [0.1, 0.15) is 0 Å². The van der Waals surface area contributed by atoms with Gasteiger partial charge in [-0.3, -0.25) is 18.9 Å². The lowest BCUT2D eigenvalue weighted by Crippen LogP contribution is -2.38. The molecule has 6 nitrogen and oxygen atoms in total. The van der Waals surface area contributed by atoms with Crippen molar-refractivity contribution < 1.29 is 9.13 Å². The van der Waals surface area contributed by atoms with Gasteiger partial charge in [-0.15, -0.1) is 0 Å². The maximum atomic E-state index is 10.6. The molecule has 0 heterocycles. The van der Waals surface area contributed by atoms with Crippen LogP contribution in [0.25, 0.3) is 0 Å². The largest absolute Gasteiger partial charge is 0.329 e. The molecule has 0 aromatic heterocycles. The molecule has 0 atom stereocenters. The van der Waals surface area contributed by atoms with E-state index in [9.17, 15) is 9.13 Å². The van der Waals surface area contributed by atoms with Crippen molar-refractivity contribution in [3.63, 3.8) is 0 Å². The Morgan fingerprint density at radius 3 is 1.94 bits per heavy atom. The SMILES string of the molecule is CNCCN(CCN(CCN)CP=O)CP=O. The van der Waals surface area contributed by atoms with Crippen molar-refractivity contribution in [2.24, 2.45) is 5.73 Å². The van der Waals surface area contributed by atoms with Gasteiger partial charge in [0.05, 0.1) is 12.6 Å². The molecule has 0 rings (SSSR count). The summed E-state index contributed by atoms with van der Waals surface area (Å²) in [6.45, 7) is 4.64. The average molecular weight is 280 g/mol. The molecule has 0 aliphatic carbocycles. The van der Waals surface area contributed by atoms with E-state index >= 15 is 0 Å². The third kappa shape index (κ3) is 9.72. The molecule has 0 spiro atoms. The highest BCUT2D eigenvalue weighted by Gasteiger charge is 2.08. The Morgan fingerprint density at radius 2 is 1.53 bits per heavy atom. The summed E-state index contributed by atoms with van der Waals surface area (Å²) in [6.07, 6.45) is 1.04. The molecule has 0 saturated heterocycles. The van der Waals surface area contributed by atoms with Gasteiger partial charge < -0.3 is 11.1 Å². The summed E-state index contributed by atoms with van der Waals surface area (Å²) in [6, 6.07) is 0. The molecule has 0 aliphatic rings. The van der Waals surface area contributed by atoms with E-state index in [1.54, 1.807) is 0 Å². The average Bonchev–Trinajstić information content (AvgIpc) is 2.33. The molecular formula is C9H22N4O2P2. The second-order valence-corrected chi connectivity index (χ2v) is 4.75. The number of nitrogens with one attached hydrogen (secondary N) is 1. The zero-order valence-corrected chi connectivity index (χ0v) is 12.1. The topological polar surface area (TPSA) is 78.7 Å². The lowest BCUT2D eigenvalue weighted by atomic mass is 10.4. The Bertz CT molecular complexity index is 209. The van der Waals surface area contributed by atoms with E-state index in [0.29, 0.717) is 19.1 Å². The Labute approximate surface area is 106 Å². The van der Waals surface area contributed by atoms with Crippen LogP contribution in [0.5, 0.6) is 0 Å². The minimum atomic E-state index is 0.119. The minimum Gasteiger partial charge on any atom is -0.329 e. The van der Waals surface area contributed by atoms with E-state index in [1.165, 1.54) is 0 Å². The summed E-state index contributed by atoms with van der Waals surface area (Å²) < 4.78 is 21.2. The molecule has 100 valence electrons. The third-order valence-electron chi connectivity index (χ3n) is 2.37. The summed E-state index contributed by atoms with van der Waals surface area (Å²) in [5, 5.41) is 3.06. The third-order valence-corrected chi connectivity index (χ3v) is 3.40. The van der Waals surface area contributed by atoms with Gasteiger partial charge in [0.25, 0.3) is 0 Å². The summed E-state index contributed by atoms with van der Waals surface area (Å²) in [4.78, 5) is 4.15. The van der Waals surface area contributed by atoms with Crippen LogP contribution in [-0.4, -0.2) is 68.7 Å². The highest BCUT2D eigenvalue weighted by Crippen LogP contribution is 2.02. The van der Waals surface area contributed by atoms with Gasteiger partial charge in [0, 0.05) is 39.3 Å². The summed E-state index contributed by atoms with van der Waals surface area (Å²) in [7, 11) is 2.15.